The number of nitrogens with one attached hydrogen (secondary N) is 2. The Morgan fingerprint density at radius 2 is 2.22 bits per heavy atom. The SMILES string of the molecule is C[C@H](CCc1cc(=O)[nH]cn1)N[S@@+]([O-])C(C)(C)C. The molecule has 0 bridgehead atoms. The molecule has 0 saturated heterocycles. The van der Waals surface area contributed by atoms with Crippen molar-refractivity contribution in [1.29, 1.82) is 0 Å². The Bertz CT molecular complexity index is 428. The molecule has 2 atom stereocenters. The van der Waals surface area contributed by atoms with E-state index in [0.29, 0.717) is 6.42 Å². The zero-order chi connectivity index (χ0) is 13.8. The summed E-state index contributed by atoms with van der Waals surface area (Å²) >= 11 is -1.07. The summed E-state index contributed by atoms with van der Waals surface area (Å²) in [4.78, 5) is 17.6. The highest BCUT2D eigenvalue weighted by molar-refractivity contribution is 7.90. The predicted octanol–water partition coefficient (Wildman–Crippen LogP) is 1.14. The van der Waals surface area contributed by atoms with Crippen LogP contribution < -0.4 is 10.3 Å². The molecule has 0 amide bonds. The van der Waals surface area contributed by atoms with Gasteiger partial charge in [0, 0.05) is 23.1 Å². The van der Waals surface area contributed by atoms with E-state index in [1.807, 2.05) is 27.7 Å². The first-order valence-electron chi connectivity index (χ1n) is 6.00. The van der Waals surface area contributed by atoms with Crippen LogP contribution >= 0.6 is 0 Å². The summed E-state index contributed by atoms with van der Waals surface area (Å²) < 4.78 is 14.7. The van der Waals surface area contributed by atoms with Gasteiger partial charge in [-0.15, -0.1) is 4.72 Å². The maximum absolute atomic E-state index is 11.9. The average Bonchev–Trinajstić information content (AvgIpc) is 2.25. The summed E-state index contributed by atoms with van der Waals surface area (Å²) in [6, 6.07) is 1.61. The van der Waals surface area contributed by atoms with Crippen molar-refractivity contribution >= 4 is 11.4 Å². The Kier molecular flexibility index (Phi) is 5.37. The first-order chi connectivity index (χ1) is 8.29. The molecule has 0 fully saturated rings. The van der Waals surface area contributed by atoms with Crippen LogP contribution in [0.5, 0.6) is 0 Å². The largest absolute Gasteiger partial charge is 0.598 e. The summed E-state index contributed by atoms with van der Waals surface area (Å²) in [6.07, 6.45) is 2.89. The van der Waals surface area contributed by atoms with Crippen molar-refractivity contribution in [2.75, 3.05) is 0 Å². The summed E-state index contributed by atoms with van der Waals surface area (Å²) in [7, 11) is 0. The van der Waals surface area contributed by atoms with E-state index in [1.54, 1.807) is 0 Å². The Morgan fingerprint density at radius 3 is 2.78 bits per heavy atom. The Hall–Kier alpha value is -0.850. The molecule has 0 unspecified atom stereocenters. The molecule has 0 saturated carbocycles. The van der Waals surface area contributed by atoms with Gasteiger partial charge in [0.2, 0.25) is 0 Å². The molecule has 1 aromatic heterocycles. The minimum Gasteiger partial charge on any atom is -0.598 e. The quantitative estimate of drug-likeness (QED) is 0.787. The van der Waals surface area contributed by atoms with Crippen molar-refractivity contribution in [1.82, 2.24) is 14.7 Å². The molecule has 0 aromatic carbocycles. The van der Waals surface area contributed by atoms with Gasteiger partial charge >= 0.3 is 0 Å². The van der Waals surface area contributed by atoms with Crippen LogP contribution in [-0.2, 0) is 17.8 Å². The van der Waals surface area contributed by atoms with Gasteiger partial charge in [0.15, 0.2) is 0 Å². The molecular weight excluding hydrogens is 250 g/mol. The van der Waals surface area contributed by atoms with Gasteiger partial charge < -0.3 is 9.54 Å². The number of hydrogen-bond donors (Lipinski definition) is 2. The van der Waals surface area contributed by atoms with Crippen LogP contribution in [0.2, 0.25) is 0 Å². The van der Waals surface area contributed by atoms with Crippen LogP contribution in [-0.4, -0.2) is 25.3 Å². The van der Waals surface area contributed by atoms with E-state index >= 15 is 0 Å². The van der Waals surface area contributed by atoms with E-state index in [4.69, 9.17) is 0 Å². The van der Waals surface area contributed by atoms with Crippen molar-refractivity contribution < 1.29 is 4.55 Å². The first-order valence-corrected chi connectivity index (χ1v) is 7.15. The van der Waals surface area contributed by atoms with Crippen LogP contribution in [0.1, 0.15) is 39.8 Å². The highest BCUT2D eigenvalue weighted by atomic mass is 32.2. The second-order valence-corrected chi connectivity index (χ2v) is 7.34. The average molecular weight is 271 g/mol. The lowest BCUT2D eigenvalue weighted by Crippen LogP contribution is -2.43. The summed E-state index contributed by atoms with van der Waals surface area (Å²) in [6.45, 7) is 7.78. The molecule has 6 heteroatoms. The van der Waals surface area contributed by atoms with Crippen molar-refractivity contribution in [2.45, 2.75) is 51.3 Å². The fourth-order valence-electron chi connectivity index (χ4n) is 1.33. The van der Waals surface area contributed by atoms with Gasteiger partial charge in [0.05, 0.1) is 12.4 Å². The van der Waals surface area contributed by atoms with Gasteiger partial charge in [-0.1, -0.05) is 0 Å². The van der Waals surface area contributed by atoms with E-state index in [2.05, 4.69) is 14.7 Å². The third-order valence-electron chi connectivity index (χ3n) is 2.43. The summed E-state index contributed by atoms with van der Waals surface area (Å²) in [5, 5.41) is 0. The van der Waals surface area contributed by atoms with E-state index in [1.165, 1.54) is 12.4 Å². The van der Waals surface area contributed by atoms with Gasteiger partial charge in [-0.3, -0.25) is 4.79 Å². The van der Waals surface area contributed by atoms with E-state index in [0.717, 1.165) is 12.1 Å². The number of rotatable bonds is 5. The molecule has 0 spiro atoms. The number of aromatic nitrogens is 2. The van der Waals surface area contributed by atoms with Gasteiger partial charge in [-0.25, -0.2) is 4.98 Å². The molecule has 2 N–H and O–H groups in total. The van der Waals surface area contributed by atoms with Crippen molar-refractivity contribution in [3.63, 3.8) is 0 Å². The number of aromatic amines is 1. The van der Waals surface area contributed by atoms with Gasteiger partial charge in [0.25, 0.3) is 5.56 Å². The van der Waals surface area contributed by atoms with Crippen LogP contribution in [0.15, 0.2) is 17.2 Å². The lowest BCUT2D eigenvalue weighted by atomic mass is 10.1. The molecule has 0 aliphatic rings. The Morgan fingerprint density at radius 1 is 1.56 bits per heavy atom. The number of aryl methyl sites for hydroxylation is 1. The van der Waals surface area contributed by atoms with Crippen molar-refractivity contribution in [2.24, 2.45) is 0 Å². The normalized spacial score (nSPS) is 15.4. The summed E-state index contributed by atoms with van der Waals surface area (Å²) in [5.74, 6) is 0. The number of hydrogen-bond acceptors (Lipinski definition) is 4. The second-order valence-electron chi connectivity index (χ2n) is 5.34. The molecule has 0 radical (unpaired) electrons. The number of H-pyrrole nitrogens is 1. The molecule has 18 heavy (non-hydrogen) atoms. The maximum atomic E-state index is 11.9. The molecule has 1 rings (SSSR count). The van der Waals surface area contributed by atoms with Crippen molar-refractivity contribution in [3.8, 4) is 0 Å². The van der Waals surface area contributed by atoms with E-state index in [-0.39, 0.29) is 16.3 Å². The molecule has 0 aliphatic heterocycles. The Labute approximate surface area is 111 Å². The topological polar surface area (TPSA) is 80.8 Å². The Balaban J connectivity index is 2.42. The highest BCUT2D eigenvalue weighted by Crippen LogP contribution is 2.14. The molecular formula is C12H21N3O2S. The molecule has 5 nitrogen and oxygen atoms in total. The van der Waals surface area contributed by atoms with Crippen LogP contribution in [0.4, 0.5) is 0 Å². The van der Waals surface area contributed by atoms with Gasteiger partial charge in [0.1, 0.15) is 4.75 Å². The predicted molar refractivity (Wildman–Crippen MR) is 73.7 cm³/mol. The minimum atomic E-state index is -1.07. The fraction of sp³-hybridized carbons (Fsp3) is 0.667. The molecule has 102 valence electrons. The number of nitrogens with zero attached hydrogens (tertiary/aromatic N) is 1. The summed E-state index contributed by atoms with van der Waals surface area (Å²) in [5.41, 5.74) is 0.618. The standard InChI is InChI=1S/C12H21N3O2S/c1-9(15-18(17)12(2,3)4)5-6-10-7-11(16)14-8-13-10/h7-9,15H,5-6H2,1-4H3,(H,13,14,16)/t9-,18+/m1/s1. The van der Waals surface area contributed by atoms with E-state index < -0.39 is 11.4 Å². The zero-order valence-electron chi connectivity index (χ0n) is 11.3. The maximum Gasteiger partial charge on any atom is 0.250 e. The second kappa shape index (κ2) is 6.36. The third-order valence-corrected chi connectivity index (χ3v) is 4.16. The molecule has 0 aliphatic carbocycles. The molecule has 1 aromatic rings. The van der Waals surface area contributed by atoms with Crippen LogP contribution in [0.3, 0.4) is 0 Å². The van der Waals surface area contributed by atoms with Crippen LogP contribution in [0.25, 0.3) is 0 Å². The molecule has 1 heterocycles. The lowest BCUT2D eigenvalue weighted by Gasteiger charge is -2.26. The first kappa shape index (κ1) is 15.2. The highest BCUT2D eigenvalue weighted by Gasteiger charge is 2.27. The van der Waals surface area contributed by atoms with Crippen LogP contribution in [0, 0.1) is 0 Å². The monoisotopic (exact) mass is 271 g/mol. The van der Waals surface area contributed by atoms with Gasteiger partial charge in [-0.2, -0.15) is 0 Å². The third kappa shape index (κ3) is 5.20. The fourth-order valence-corrected chi connectivity index (χ4v) is 2.17. The van der Waals surface area contributed by atoms with Gasteiger partial charge in [-0.05, 0) is 40.5 Å². The minimum absolute atomic E-state index is 0.117. The van der Waals surface area contributed by atoms with Crippen molar-refractivity contribution in [3.05, 3.63) is 28.4 Å². The zero-order valence-corrected chi connectivity index (χ0v) is 12.1. The smallest absolute Gasteiger partial charge is 0.250 e. The lowest BCUT2D eigenvalue weighted by molar-refractivity contribution is 0.516. The van der Waals surface area contributed by atoms with E-state index in [9.17, 15) is 9.35 Å².